The molecule has 1 amide bonds. The van der Waals surface area contributed by atoms with E-state index in [1.807, 2.05) is 30.3 Å². The van der Waals surface area contributed by atoms with Gasteiger partial charge in [0.25, 0.3) is 0 Å². The quantitative estimate of drug-likeness (QED) is 0.867. The molecule has 0 atom stereocenters. The molecule has 0 aromatic heterocycles. The van der Waals surface area contributed by atoms with Crippen molar-refractivity contribution in [3.05, 3.63) is 58.6 Å². The minimum absolute atomic E-state index is 0.124. The molecule has 0 saturated heterocycles. The number of rotatable bonds is 5. The van der Waals surface area contributed by atoms with Crippen LogP contribution >= 0.6 is 11.6 Å². The molecule has 1 fully saturated rings. The molecule has 4 rings (SSSR count). The van der Waals surface area contributed by atoms with Gasteiger partial charge in [0.1, 0.15) is 13.2 Å². The van der Waals surface area contributed by atoms with Gasteiger partial charge in [-0.25, -0.2) is 0 Å². The summed E-state index contributed by atoms with van der Waals surface area (Å²) in [5.41, 5.74) is 1.79. The highest BCUT2D eigenvalue weighted by molar-refractivity contribution is 6.32. The molecule has 26 heavy (non-hydrogen) atoms. The van der Waals surface area contributed by atoms with Gasteiger partial charge in [0, 0.05) is 6.54 Å². The summed E-state index contributed by atoms with van der Waals surface area (Å²) < 4.78 is 11.2. The van der Waals surface area contributed by atoms with Crippen LogP contribution in [0.4, 0.5) is 0 Å². The van der Waals surface area contributed by atoms with Gasteiger partial charge in [-0.15, -0.1) is 0 Å². The lowest BCUT2D eigenvalue weighted by molar-refractivity contribution is -0.129. The predicted molar refractivity (Wildman–Crippen MR) is 101 cm³/mol. The number of hydrogen-bond acceptors (Lipinski definition) is 3. The van der Waals surface area contributed by atoms with Gasteiger partial charge in [-0.3, -0.25) is 4.79 Å². The van der Waals surface area contributed by atoms with E-state index in [-0.39, 0.29) is 11.3 Å². The number of fused-ring (bicyclic) bond motifs is 1. The first-order valence-electron chi connectivity index (χ1n) is 9.11. The molecule has 0 radical (unpaired) electrons. The lowest BCUT2D eigenvalue weighted by Crippen LogP contribution is -2.49. The molecular formula is C21H22ClNO3. The summed E-state index contributed by atoms with van der Waals surface area (Å²) in [4.78, 5) is 12.9. The van der Waals surface area contributed by atoms with Gasteiger partial charge in [-0.2, -0.15) is 0 Å². The zero-order valence-electron chi connectivity index (χ0n) is 14.6. The molecule has 2 aliphatic rings. The summed E-state index contributed by atoms with van der Waals surface area (Å²) in [6.07, 6.45) is 3.63. The third-order valence-electron chi connectivity index (χ3n) is 5.32. The van der Waals surface area contributed by atoms with Gasteiger partial charge in [0.2, 0.25) is 5.91 Å². The second kappa shape index (κ2) is 7.20. The first-order chi connectivity index (χ1) is 12.7. The largest absolute Gasteiger partial charge is 0.486 e. The number of amides is 1. The Labute approximate surface area is 158 Å². The number of halogens is 1. The molecule has 1 aliphatic heterocycles. The number of benzene rings is 2. The van der Waals surface area contributed by atoms with Crippen LogP contribution in [0.25, 0.3) is 0 Å². The Kier molecular flexibility index (Phi) is 4.77. The Morgan fingerprint density at radius 2 is 1.88 bits per heavy atom. The van der Waals surface area contributed by atoms with Crippen molar-refractivity contribution in [2.45, 2.75) is 31.1 Å². The zero-order valence-corrected chi connectivity index (χ0v) is 15.3. The van der Waals surface area contributed by atoms with E-state index in [1.54, 1.807) is 0 Å². The highest BCUT2D eigenvalue weighted by Gasteiger charge is 2.45. The SMILES string of the molecule is O=C(NCCc1cc(Cl)c2c(c1)OCCO2)C1(c2ccccc2)CCC1. The maximum atomic E-state index is 12.9. The van der Waals surface area contributed by atoms with Crippen LogP contribution < -0.4 is 14.8 Å². The minimum atomic E-state index is -0.355. The number of hydrogen-bond donors (Lipinski definition) is 1. The van der Waals surface area contributed by atoms with Crippen LogP contribution in [0.1, 0.15) is 30.4 Å². The number of ether oxygens (including phenoxy) is 2. The normalized spacial score (nSPS) is 17.3. The van der Waals surface area contributed by atoms with Gasteiger partial charge in [0.15, 0.2) is 11.5 Å². The van der Waals surface area contributed by atoms with E-state index in [0.29, 0.717) is 42.7 Å². The lowest BCUT2D eigenvalue weighted by atomic mass is 9.64. The fraction of sp³-hybridized carbons (Fsp3) is 0.381. The van der Waals surface area contributed by atoms with E-state index in [1.165, 1.54) is 0 Å². The molecule has 2 aromatic carbocycles. The average Bonchev–Trinajstić information content (AvgIpc) is 2.62. The van der Waals surface area contributed by atoms with E-state index in [4.69, 9.17) is 21.1 Å². The second-order valence-electron chi connectivity index (χ2n) is 6.91. The fourth-order valence-corrected chi connectivity index (χ4v) is 4.02. The monoisotopic (exact) mass is 371 g/mol. The van der Waals surface area contributed by atoms with E-state index in [0.717, 1.165) is 30.4 Å². The standard InChI is InChI=1S/C21H22ClNO3/c22-17-13-15(14-18-19(17)26-12-11-25-18)7-10-23-20(24)21(8-4-9-21)16-5-2-1-3-6-16/h1-3,5-6,13-14H,4,7-12H2,(H,23,24). The Hall–Kier alpha value is -2.20. The summed E-state index contributed by atoms with van der Waals surface area (Å²) in [6.45, 7) is 1.62. The Balaban J connectivity index is 1.40. The summed E-state index contributed by atoms with van der Waals surface area (Å²) in [7, 11) is 0. The van der Waals surface area contributed by atoms with Gasteiger partial charge in [-0.05, 0) is 42.5 Å². The van der Waals surface area contributed by atoms with Crippen LogP contribution in [0.15, 0.2) is 42.5 Å². The number of carbonyl (C=O) groups is 1. The highest BCUT2D eigenvalue weighted by Crippen LogP contribution is 2.44. The highest BCUT2D eigenvalue weighted by atomic mass is 35.5. The fourth-order valence-electron chi connectivity index (χ4n) is 3.73. The van der Waals surface area contributed by atoms with Crippen molar-refractivity contribution in [2.24, 2.45) is 0 Å². The summed E-state index contributed by atoms with van der Waals surface area (Å²) in [6, 6.07) is 13.9. The third-order valence-corrected chi connectivity index (χ3v) is 5.60. The summed E-state index contributed by atoms with van der Waals surface area (Å²) in [5.74, 6) is 1.42. The van der Waals surface area contributed by atoms with Crippen LogP contribution in [-0.4, -0.2) is 25.7 Å². The van der Waals surface area contributed by atoms with E-state index < -0.39 is 0 Å². The topological polar surface area (TPSA) is 47.6 Å². The van der Waals surface area contributed by atoms with Crippen molar-refractivity contribution in [1.82, 2.24) is 5.32 Å². The molecule has 1 heterocycles. The van der Waals surface area contributed by atoms with Crippen molar-refractivity contribution in [1.29, 1.82) is 0 Å². The zero-order chi connectivity index (χ0) is 18.0. The van der Waals surface area contributed by atoms with Gasteiger partial charge in [0.05, 0.1) is 10.4 Å². The lowest BCUT2D eigenvalue weighted by Gasteiger charge is -2.40. The van der Waals surface area contributed by atoms with Crippen LogP contribution in [0, 0.1) is 0 Å². The van der Waals surface area contributed by atoms with Gasteiger partial charge >= 0.3 is 0 Å². The van der Waals surface area contributed by atoms with Gasteiger partial charge in [-0.1, -0.05) is 48.4 Å². The van der Waals surface area contributed by atoms with E-state index in [2.05, 4.69) is 17.4 Å². The summed E-state index contributed by atoms with van der Waals surface area (Å²) in [5, 5.41) is 3.68. The molecule has 1 N–H and O–H groups in total. The Bertz CT molecular complexity index is 802. The molecule has 0 bridgehead atoms. The van der Waals surface area contributed by atoms with Gasteiger partial charge < -0.3 is 14.8 Å². The van der Waals surface area contributed by atoms with Crippen molar-refractivity contribution in [3.63, 3.8) is 0 Å². The van der Waals surface area contributed by atoms with Crippen molar-refractivity contribution < 1.29 is 14.3 Å². The molecule has 1 saturated carbocycles. The predicted octanol–water partition coefficient (Wildman–Crippen LogP) is 3.89. The second-order valence-corrected chi connectivity index (χ2v) is 7.32. The maximum absolute atomic E-state index is 12.9. The van der Waals surface area contributed by atoms with Crippen LogP contribution in [-0.2, 0) is 16.6 Å². The summed E-state index contributed by atoms with van der Waals surface area (Å²) >= 11 is 6.28. The number of nitrogens with one attached hydrogen (secondary N) is 1. The van der Waals surface area contributed by atoms with E-state index in [9.17, 15) is 4.79 Å². The van der Waals surface area contributed by atoms with Crippen LogP contribution in [0.2, 0.25) is 5.02 Å². The van der Waals surface area contributed by atoms with Crippen molar-refractivity contribution in [2.75, 3.05) is 19.8 Å². The molecule has 1 aliphatic carbocycles. The number of carbonyl (C=O) groups excluding carboxylic acids is 1. The minimum Gasteiger partial charge on any atom is -0.486 e. The van der Waals surface area contributed by atoms with E-state index >= 15 is 0 Å². The smallest absolute Gasteiger partial charge is 0.230 e. The Morgan fingerprint density at radius 3 is 2.62 bits per heavy atom. The molecule has 0 spiro atoms. The molecule has 2 aromatic rings. The molecule has 4 nitrogen and oxygen atoms in total. The molecule has 136 valence electrons. The van der Waals surface area contributed by atoms with Crippen molar-refractivity contribution >= 4 is 17.5 Å². The third kappa shape index (κ3) is 3.14. The molecule has 0 unspecified atom stereocenters. The Morgan fingerprint density at radius 1 is 1.12 bits per heavy atom. The first kappa shape index (κ1) is 17.2. The maximum Gasteiger partial charge on any atom is 0.230 e. The molecule has 5 heteroatoms. The molecular weight excluding hydrogens is 350 g/mol. The first-order valence-corrected chi connectivity index (χ1v) is 9.49. The average molecular weight is 372 g/mol. The van der Waals surface area contributed by atoms with Crippen LogP contribution in [0.3, 0.4) is 0 Å². The van der Waals surface area contributed by atoms with Crippen molar-refractivity contribution in [3.8, 4) is 11.5 Å². The van der Waals surface area contributed by atoms with Crippen LogP contribution in [0.5, 0.6) is 11.5 Å².